The maximum Gasteiger partial charge on any atom is 0.430 e. The van der Waals surface area contributed by atoms with Crippen molar-refractivity contribution in [2.75, 3.05) is 0 Å². The lowest BCUT2D eigenvalue weighted by Gasteiger charge is -2.45. The van der Waals surface area contributed by atoms with E-state index in [1.165, 1.54) is 0 Å². The molecule has 1 aliphatic carbocycles. The Balaban J connectivity index is 3.41. The number of hydrogen-bond acceptors (Lipinski definition) is 3. The molecule has 0 aliphatic heterocycles. The minimum atomic E-state index is -6.16. The summed E-state index contributed by atoms with van der Waals surface area (Å²) in [6.45, 7) is 2.45. The van der Waals surface area contributed by atoms with E-state index < -0.39 is 48.2 Å². The van der Waals surface area contributed by atoms with E-state index in [0.29, 0.717) is 0 Å². The second-order valence-electron chi connectivity index (χ2n) is 4.70. The summed E-state index contributed by atoms with van der Waals surface area (Å²) in [6, 6.07) is 0. The number of rotatable bonds is 3. The van der Waals surface area contributed by atoms with E-state index in [9.17, 15) is 40.6 Å². The molecule has 0 unspecified atom stereocenters. The highest BCUT2D eigenvalue weighted by Crippen LogP contribution is 2.56. The molecule has 1 saturated carbocycles. The fourth-order valence-corrected chi connectivity index (χ4v) is 2.39. The van der Waals surface area contributed by atoms with Gasteiger partial charge in [0.15, 0.2) is 5.60 Å². The van der Waals surface area contributed by atoms with Gasteiger partial charge in [-0.3, -0.25) is 0 Å². The van der Waals surface area contributed by atoms with Gasteiger partial charge in [-0.2, -0.15) is 30.7 Å². The third kappa shape index (κ3) is 2.72. The molecule has 122 valence electrons. The van der Waals surface area contributed by atoms with Gasteiger partial charge in [0.2, 0.25) is 5.83 Å². The molecule has 0 aromatic rings. The van der Waals surface area contributed by atoms with Crippen molar-refractivity contribution in [2.45, 2.75) is 49.2 Å². The van der Waals surface area contributed by atoms with Crippen molar-refractivity contribution >= 4 is 5.97 Å². The summed E-state index contributed by atoms with van der Waals surface area (Å²) in [5.41, 5.74) is -8.61. The quantitative estimate of drug-likeness (QED) is 0.493. The fourth-order valence-electron chi connectivity index (χ4n) is 2.39. The number of carbonyl (C=O) groups excluding carboxylic acids is 1. The van der Waals surface area contributed by atoms with Crippen molar-refractivity contribution in [3.8, 4) is 0 Å². The zero-order chi connectivity index (χ0) is 16.7. The lowest BCUT2D eigenvalue weighted by Crippen LogP contribution is -2.71. The van der Waals surface area contributed by atoms with Crippen molar-refractivity contribution in [3.63, 3.8) is 0 Å². The van der Waals surface area contributed by atoms with Crippen LogP contribution in [0.15, 0.2) is 12.4 Å². The molecule has 10 heteroatoms. The van der Waals surface area contributed by atoms with E-state index in [0.717, 1.165) is 0 Å². The maximum absolute atomic E-state index is 12.9. The van der Waals surface area contributed by atoms with Gasteiger partial charge in [-0.05, 0) is 25.7 Å². The second kappa shape index (κ2) is 5.15. The Kier molecular flexibility index (Phi) is 4.35. The lowest BCUT2D eigenvalue weighted by atomic mass is 9.79. The molecule has 1 aliphatic rings. The van der Waals surface area contributed by atoms with Gasteiger partial charge in [-0.1, -0.05) is 6.58 Å². The van der Waals surface area contributed by atoms with Gasteiger partial charge >= 0.3 is 18.3 Å². The standard InChI is InChI=1S/C11H11F7O3/c1-6(12)7(19)21-8(4-2-3-5-8)9(20,10(13,14)15)11(16,17)18/h20H,1-5H2. The van der Waals surface area contributed by atoms with E-state index in [-0.39, 0.29) is 12.8 Å². The molecule has 0 aromatic heterocycles. The predicted octanol–water partition coefficient (Wildman–Crippen LogP) is 3.18. The van der Waals surface area contributed by atoms with Crippen LogP contribution in [-0.2, 0) is 9.53 Å². The van der Waals surface area contributed by atoms with Crippen LogP contribution in [0, 0.1) is 0 Å². The molecule has 0 atom stereocenters. The summed E-state index contributed by atoms with van der Waals surface area (Å²) in [5.74, 6) is -3.92. The first-order valence-electron chi connectivity index (χ1n) is 5.72. The number of halogens is 7. The van der Waals surface area contributed by atoms with Crippen molar-refractivity contribution in [2.24, 2.45) is 0 Å². The Morgan fingerprint density at radius 1 is 1.05 bits per heavy atom. The third-order valence-electron chi connectivity index (χ3n) is 3.40. The molecule has 3 nitrogen and oxygen atoms in total. The molecule has 0 bridgehead atoms. The van der Waals surface area contributed by atoms with Crippen LogP contribution >= 0.6 is 0 Å². The molecule has 21 heavy (non-hydrogen) atoms. The van der Waals surface area contributed by atoms with Gasteiger partial charge in [-0.25, -0.2) is 4.79 Å². The summed E-state index contributed by atoms with van der Waals surface area (Å²) < 4.78 is 93.9. The van der Waals surface area contributed by atoms with Gasteiger partial charge < -0.3 is 9.84 Å². The topological polar surface area (TPSA) is 46.5 Å². The molecule has 1 N–H and O–H groups in total. The lowest BCUT2D eigenvalue weighted by molar-refractivity contribution is -0.411. The van der Waals surface area contributed by atoms with E-state index in [1.54, 1.807) is 0 Å². The van der Waals surface area contributed by atoms with Gasteiger partial charge in [0, 0.05) is 0 Å². The Bertz CT molecular complexity index is 418. The third-order valence-corrected chi connectivity index (χ3v) is 3.40. The molecule has 0 aromatic carbocycles. The molecular weight excluding hydrogens is 313 g/mol. The number of ether oxygens (including phenoxy) is 1. The van der Waals surface area contributed by atoms with Crippen LogP contribution in [0.5, 0.6) is 0 Å². The van der Waals surface area contributed by atoms with Crippen molar-refractivity contribution in [3.05, 3.63) is 12.4 Å². The molecule has 0 amide bonds. The number of esters is 1. The number of alkyl halides is 6. The highest BCUT2D eigenvalue weighted by Gasteiger charge is 2.81. The van der Waals surface area contributed by atoms with Crippen LogP contribution in [0.2, 0.25) is 0 Å². The first-order chi connectivity index (χ1) is 9.28. The summed E-state index contributed by atoms with van der Waals surface area (Å²) >= 11 is 0. The summed E-state index contributed by atoms with van der Waals surface area (Å²) in [6.07, 6.45) is -14.4. The normalized spacial score (nSPS) is 19.4. The molecule has 0 radical (unpaired) electrons. The zero-order valence-electron chi connectivity index (χ0n) is 10.4. The predicted molar refractivity (Wildman–Crippen MR) is 54.6 cm³/mol. The molecule has 0 heterocycles. The largest absolute Gasteiger partial charge is 0.450 e. The Morgan fingerprint density at radius 3 is 1.71 bits per heavy atom. The van der Waals surface area contributed by atoms with Crippen LogP contribution < -0.4 is 0 Å². The summed E-state index contributed by atoms with van der Waals surface area (Å²) in [4.78, 5) is 11.1. The summed E-state index contributed by atoms with van der Waals surface area (Å²) in [7, 11) is 0. The number of aliphatic hydroxyl groups is 1. The van der Waals surface area contributed by atoms with Gasteiger partial charge in [0.25, 0.3) is 5.60 Å². The van der Waals surface area contributed by atoms with Gasteiger partial charge in [-0.15, -0.1) is 0 Å². The summed E-state index contributed by atoms with van der Waals surface area (Å²) in [5, 5.41) is 9.39. The van der Waals surface area contributed by atoms with Crippen LogP contribution in [0.4, 0.5) is 30.7 Å². The smallest absolute Gasteiger partial charge is 0.430 e. The van der Waals surface area contributed by atoms with Gasteiger partial charge in [0.1, 0.15) is 0 Å². The van der Waals surface area contributed by atoms with Crippen LogP contribution in [-0.4, -0.2) is 34.6 Å². The Hall–Kier alpha value is -1.32. The Labute approximate surface area is 114 Å². The highest BCUT2D eigenvalue weighted by molar-refractivity contribution is 5.85. The van der Waals surface area contributed by atoms with Crippen LogP contribution in [0.3, 0.4) is 0 Å². The highest BCUT2D eigenvalue weighted by atomic mass is 19.4. The molecule has 0 saturated heterocycles. The van der Waals surface area contributed by atoms with Crippen LogP contribution in [0.25, 0.3) is 0 Å². The molecule has 1 fully saturated rings. The Morgan fingerprint density at radius 2 is 1.43 bits per heavy atom. The minimum Gasteiger partial charge on any atom is -0.450 e. The van der Waals surface area contributed by atoms with Crippen LogP contribution in [0.1, 0.15) is 25.7 Å². The zero-order valence-corrected chi connectivity index (χ0v) is 10.4. The first-order valence-corrected chi connectivity index (χ1v) is 5.72. The molecule has 1 rings (SSSR count). The van der Waals surface area contributed by atoms with Crippen molar-refractivity contribution < 1.29 is 45.4 Å². The van der Waals surface area contributed by atoms with E-state index in [1.807, 2.05) is 0 Å². The monoisotopic (exact) mass is 324 g/mol. The van der Waals surface area contributed by atoms with Gasteiger partial charge in [0.05, 0.1) is 0 Å². The van der Waals surface area contributed by atoms with E-state index in [2.05, 4.69) is 11.3 Å². The molecule has 0 spiro atoms. The van der Waals surface area contributed by atoms with Crippen molar-refractivity contribution in [1.29, 1.82) is 0 Å². The average molecular weight is 324 g/mol. The number of carbonyl (C=O) groups is 1. The van der Waals surface area contributed by atoms with E-state index in [4.69, 9.17) is 0 Å². The average Bonchev–Trinajstić information content (AvgIpc) is 2.74. The maximum atomic E-state index is 12.9. The fraction of sp³-hybridized carbons (Fsp3) is 0.727. The molecular formula is C11H11F7O3. The minimum absolute atomic E-state index is 0.152. The first kappa shape index (κ1) is 17.7. The van der Waals surface area contributed by atoms with E-state index >= 15 is 0 Å². The SMILES string of the molecule is C=C(F)C(=O)OC1(C(O)(C(F)(F)F)C(F)(F)F)CCCC1. The second-order valence-corrected chi connectivity index (χ2v) is 4.70. The number of hydrogen-bond donors (Lipinski definition) is 1. The van der Waals surface area contributed by atoms with Crippen molar-refractivity contribution in [1.82, 2.24) is 0 Å².